The summed E-state index contributed by atoms with van der Waals surface area (Å²) < 4.78 is 11.1. The molecular weight excluding hydrogens is 312 g/mol. The van der Waals surface area contributed by atoms with Gasteiger partial charge in [0.05, 0.1) is 18.8 Å². The van der Waals surface area contributed by atoms with Gasteiger partial charge in [-0.05, 0) is 24.5 Å². The molecule has 0 saturated carbocycles. The van der Waals surface area contributed by atoms with Crippen molar-refractivity contribution in [3.05, 3.63) is 41.5 Å². The highest BCUT2D eigenvalue weighted by Gasteiger charge is 2.11. The van der Waals surface area contributed by atoms with Crippen LogP contribution in [0.15, 0.2) is 35.9 Å². The van der Waals surface area contributed by atoms with Crippen LogP contribution < -0.4 is 0 Å². The lowest BCUT2D eigenvalue weighted by Crippen LogP contribution is -2.14. The van der Waals surface area contributed by atoms with Gasteiger partial charge in [0, 0.05) is 6.61 Å². The smallest absolute Gasteiger partial charge is 0.336 e. The Bertz CT molecular complexity index is 479. The zero-order valence-electron chi connectivity index (χ0n) is 16.0. The lowest BCUT2D eigenvalue weighted by molar-refractivity contribution is -0.139. The summed E-state index contributed by atoms with van der Waals surface area (Å²) in [5.74, 6) is -0.256. The van der Waals surface area contributed by atoms with Gasteiger partial charge in [-0.1, -0.05) is 82.7 Å². The Hall–Kier alpha value is -1.61. The van der Waals surface area contributed by atoms with Crippen LogP contribution in [0.1, 0.15) is 70.8 Å². The zero-order valence-corrected chi connectivity index (χ0v) is 16.0. The number of carbonyl (C=O) groups is 1. The summed E-state index contributed by atoms with van der Waals surface area (Å²) in [5.41, 5.74) is 1.59. The summed E-state index contributed by atoms with van der Waals surface area (Å²) in [7, 11) is 0. The van der Waals surface area contributed by atoms with Gasteiger partial charge < -0.3 is 9.47 Å². The molecule has 1 aromatic carbocycles. The van der Waals surface area contributed by atoms with Gasteiger partial charge in [-0.15, -0.1) is 0 Å². The van der Waals surface area contributed by atoms with Crippen molar-refractivity contribution in [2.45, 2.75) is 65.2 Å². The molecule has 1 aromatic rings. The fourth-order valence-corrected chi connectivity index (χ4v) is 2.51. The predicted octanol–water partition coefficient (Wildman–Crippen LogP) is 5.79. The fraction of sp³-hybridized carbons (Fsp3) is 0.591. The first kappa shape index (κ1) is 21.4. The molecule has 0 radical (unpaired) electrons. The molecule has 0 bridgehead atoms. The Morgan fingerprint density at radius 1 is 0.880 bits per heavy atom. The van der Waals surface area contributed by atoms with Gasteiger partial charge in [0.25, 0.3) is 0 Å². The summed E-state index contributed by atoms with van der Waals surface area (Å²) in [5, 5.41) is 0. The van der Waals surface area contributed by atoms with Crippen LogP contribution in [-0.4, -0.2) is 25.8 Å². The Balaban J connectivity index is 2.50. The number of ether oxygens (including phenoxy) is 2. The molecule has 3 heteroatoms. The predicted molar refractivity (Wildman–Crippen MR) is 104 cm³/mol. The number of esters is 1. The Kier molecular flexibility index (Phi) is 12.6. The number of rotatable bonds is 14. The summed E-state index contributed by atoms with van der Waals surface area (Å²) in [4.78, 5) is 12.4. The first-order valence-electron chi connectivity index (χ1n) is 9.78. The van der Waals surface area contributed by atoms with Crippen LogP contribution in [0.4, 0.5) is 0 Å². The van der Waals surface area contributed by atoms with Gasteiger partial charge in [0.15, 0.2) is 0 Å². The van der Waals surface area contributed by atoms with Crippen LogP contribution in [0.3, 0.4) is 0 Å². The van der Waals surface area contributed by atoms with Crippen LogP contribution in [-0.2, 0) is 14.3 Å². The van der Waals surface area contributed by atoms with E-state index in [1.54, 1.807) is 0 Å². The first-order chi connectivity index (χ1) is 12.3. The number of carbonyl (C=O) groups excluding carboxylic acids is 1. The second-order valence-electron chi connectivity index (χ2n) is 6.39. The van der Waals surface area contributed by atoms with Crippen LogP contribution in [0.25, 0.3) is 6.08 Å². The molecule has 0 atom stereocenters. The topological polar surface area (TPSA) is 35.5 Å². The summed E-state index contributed by atoms with van der Waals surface area (Å²) in [6.07, 6.45) is 10.9. The SMILES string of the molecule is CCCCCCOCC(=Cc1ccccc1)C(=O)OCCCCCC. The quantitative estimate of drug-likeness (QED) is 0.243. The average Bonchev–Trinajstić information content (AvgIpc) is 2.64. The number of hydrogen-bond donors (Lipinski definition) is 0. The summed E-state index contributed by atoms with van der Waals surface area (Å²) in [6.45, 7) is 5.86. The molecule has 0 aliphatic heterocycles. The van der Waals surface area contributed by atoms with Gasteiger partial charge in [-0.3, -0.25) is 0 Å². The normalized spacial score (nSPS) is 11.5. The average molecular weight is 347 g/mol. The molecule has 3 nitrogen and oxygen atoms in total. The molecule has 0 spiro atoms. The number of unbranched alkanes of at least 4 members (excludes halogenated alkanes) is 6. The van der Waals surface area contributed by atoms with E-state index in [4.69, 9.17) is 9.47 Å². The molecule has 25 heavy (non-hydrogen) atoms. The first-order valence-corrected chi connectivity index (χ1v) is 9.78. The maximum absolute atomic E-state index is 12.4. The number of benzene rings is 1. The Morgan fingerprint density at radius 3 is 2.16 bits per heavy atom. The largest absolute Gasteiger partial charge is 0.462 e. The molecule has 0 aliphatic rings. The van der Waals surface area contributed by atoms with Gasteiger partial charge >= 0.3 is 5.97 Å². The van der Waals surface area contributed by atoms with E-state index in [-0.39, 0.29) is 5.97 Å². The summed E-state index contributed by atoms with van der Waals surface area (Å²) >= 11 is 0. The minimum atomic E-state index is -0.256. The van der Waals surface area contributed by atoms with Crippen molar-refractivity contribution in [2.24, 2.45) is 0 Å². The van der Waals surface area contributed by atoms with Gasteiger partial charge in [0.2, 0.25) is 0 Å². The molecule has 140 valence electrons. The molecule has 0 fully saturated rings. The van der Waals surface area contributed by atoms with Crippen LogP contribution >= 0.6 is 0 Å². The molecule has 0 unspecified atom stereocenters. The highest BCUT2D eigenvalue weighted by atomic mass is 16.5. The van der Waals surface area contributed by atoms with E-state index in [1.807, 2.05) is 36.4 Å². The fourth-order valence-electron chi connectivity index (χ4n) is 2.51. The molecule has 0 aromatic heterocycles. The molecular formula is C22H34O3. The van der Waals surface area contributed by atoms with E-state index in [0.717, 1.165) is 24.8 Å². The lowest BCUT2D eigenvalue weighted by Gasteiger charge is -2.10. The van der Waals surface area contributed by atoms with E-state index >= 15 is 0 Å². The molecule has 0 N–H and O–H groups in total. The lowest BCUT2D eigenvalue weighted by atomic mass is 10.1. The van der Waals surface area contributed by atoms with E-state index in [1.165, 1.54) is 32.1 Å². The molecule has 0 saturated heterocycles. The monoisotopic (exact) mass is 346 g/mol. The van der Waals surface area contributed by atoms with Crippen molar-refractivity contribution in [3.63, 3.8) is 0 Å². The van der Waals surface area contributed by atoms with Crippen molar-refractivity contribution >= 4 is 12.0 Å². The van der Waals surface area contributed by atoms with Crippen molar-refractivity contribution in [1.29, 1.82) is 0 Å². The highest BCUT2D eigenvalue weighted by molar-refractivity contribution is 5.94. The van der Waals surface area contributed by atoms with Crippen LogP contribution in [0.2, 0.25) is 0 Å². The van der Waals surface area contributed by atoms with Gasteiger partial charge in [0.1, 0.15) is 0 Å². The Morgan fingerprint density at radius 2 is 1.52 bits per heavy atom. The van der Waals surface area contributed by atoms with Crippen molar-refractivity contribution in [1.82, 2.24) is 0 Å². The maximum Gasteiger partial charge on any atom is 0.336 e. The highest BCUT2D eigenvalue weighted by Crippen LogP contribution is 2.10. The van der Waals surface area contributed by atoms with Gasteiger partial charge in [-0.25, -0.2) is 4.79 Å². The molecule has 0 amide bonds. The minimum absolute atomic E-state index is 0.256. The van der Waals surface area contributed by atoms with E-state index in [0.29, 0.717) is 25.4 Å². The Labute approximate surface area is 153 Å². The third-order valence-electron chi connectivity index (χ3n) is 4.03. The van der Waals surface area contributed by atoms with Crippen molar-refractivity contribution in [3.8, 4) is 0 Å². The number of hydrogen-bond acceptors (Lipinski definition) is 3. The van der Waals surface area contributed by atoms with Crippen LogP contribution in [0, 0.1) is 0 Å². The van der Waals surface area contributed by atoms with Crippen molar-refractivity contribution in [2.75, 3.05) is 19.8 Å². The second kappa shape index (κ2) is 14.7. The van der Waals surface area contributed by atoms with E-state index in [9.17, 15) is 4.79 Å². The second-order valence-corrected chi connectivity index (χ2v) is 6.39. The standard InChI is InChI=1S/C22H34O3/c1-3-5-7-12-16-24-19-21(18-20-14-10-9-11-15-20)22(23)25-17-13-8-6-4-2/h9-11,14-15,18H,3-8,12-13,16-17,19H2,1-2H3. The summed E-state index contributed by atoms with van der Waals surface area (Å²) in [6, 6.07) is 9.86. The van der Waals surface area contributed by atoms with E-state index < -0.39 is 0 Å². The van der Waals surface area contributed by atoms with Crippen LogP contribution in [0.5, 0.6) is 0 Å². The third-order valence-corrected chi connectivity index (χ3v) is 4.03. The molecule has 0 aliphatic carbocycles. The maximum atomic E-state index is 12.4. The van der Waals surface area contributed by atoms with E-state index in [2.05, 4.69) is 13.8 Å². The van der Waals surface area contributed by atoms with Gasteiger partial charge in [-0.2, -0.15) is 0 Å². The third kappa shape index (κ3) is 10.8. The zero-order chi connectivity index (χ0) is 18.2. The minimum Gasteiger partial charge on any atom is -0.462 e. The molecule has 0 heterocycles. The van der Waals surface area contributed by atoms with Crippen molar-refractivity contribution < 1.29 is 14.3 Å². The molecule has 1 rings (SSSR count).